The number of halogens is 2. The van der Waals surface area contributed by atoms with Crippen LogP contribution in [0.1, 0.15) is 11.1 Å². The molecule has 0 radical (unpaired) electrons. The summed E-state index contributed by atoms with van der Waals surface area (Å²) in [7, 11) is 0. The van der Waals surface area contributed by atoms with Crippen molar-refractivity contribution in [3.8, 4) is 0 Å². The topological polar surface area (TPSA) is 3.88 Å². The fraction of sp³-hybridized carbons (Fsp3) is 0.154. The summed E-state index contributed by atoms with van der Waals surface area (Å²) in [6.07, 6.45) is 4.14. The first-order valence-corrected chi connectivity index (χ1v) is 5.32. The highest BCUT2D eigenvalue weighted by molar-refractivity contribution is 6.31. The summed E-state index contributed by atoms with van der Waals surface area (Å²) in [6.45, 7) is 2.90. The lowest BCUT2D eigenvalue weighted by Crippen LogP contribution is -3.00. The highest BCUT2D eigenvalue weighted by atomic mass is 35.5. The summed E-state index contributed by atoms with van der Waals surface area (Å²) >= 11 is 6.09. The van der Waals surface area contributed by atoms with Gasteiger partial charge in [0, 0.05) is 17.7 Å². The maximum absolute atomic E-state index is 6.09. The van der Waals surface area contributed by atoms with Gasteiger partial charge in [0.1, 0.15) is 0 Å². The monoisotopic (exact) mass is 253 g/mol. The summed E-state index contributed by atoms with van der Waals surface area (Å²) in [6, 6.07) is 12.1. The summed E-state index contributed by atoms with van der Waals surface area (Å²) in [5.74, 6) is 0. The zero-order valence-corrected chi connectivity index (χ0v) is 10.5. The molecule has 0 atom stereocenters. The standard InChI is InChI=1S/C13H13ClN.ClH/c1-11-6-8-15(9-7-11)10-12-4-2-3-5-13(12)14;/h2-9H,10H2,1H3;1H/q+1;/p-1. The van der Waals surface area contributed by atoms with Gasteiger partial charge in [-0.25, -0.2) is 4.57 Å². The van der Waals surface area contributed by atoms with E-state index in [1.807, 2.05) is 18.2 Å². The molecule has 0 aliphatic carbocycles. The van der Waals surface area contributed by atoms with Crippen LogP contribution in [0.4, 0.5) is 0 Å². The van der Waals surface area contributed by atoms with E-state index in [1.54, 1.807) is 0 Å². The molecule has 16 heavy (non-hydrogen) atoms. The number of rotatable bonds is 2. The average Bonchev–Trinajstić information content (AvgIpc) is 2.25. The molecule has 0 saturated heterocycles. The lowest BCUT2D eigenvalue weighted by Gasteiger charge is -2.00. The van der Waals surface area contributed by atoms with Crippen LogP contribution in [0.2, 0.25) is 5.02 Å². The number of pyridine rings is 1. The predicted octanol–water partition coefficient (Wildman–Crippen LogP) is -0.0118. The lowest BCUT2D eigenvalue weighted by atomic mass is 10.2. The molecule has 0 saturated carbocycles. The smallest absolute Gasteiger partial charge is 0.175 e. The fourth-order valence-electron chi connectivity index (χ4n) is 1.46. The molecule has 1 aromatic heterocycles. The first kappa shape index (κ1) is 13.0. The Bertz CT molecular complexity index is 452. The van der Waals surface area contributed by atoms with Crippen molar-refractivity contribution in [2.24, 2.45) is 0 Å². The fourth-order valence-corrected chi connectivity index (χ4v) is 1.66. The molecule has 0 N–H and O–H groups in total. The molecule has 1 heterocycles. The number of hydrogen-bond donors (Lipinski definition) is 0. The van der Waals surface area contributed by atoms with Crippen molar-refractivity contribution in [1.82, 2.24) is 0 Å². The number of aromatic nitrogens is 1. The molecule has 3 heteroatoms. The summed E-state index contributed by atoms with van der Waals surface area (Å²) in [5.41, 5.74) is 2.42. The van der Waals surface area contributed by atoms with Crippen LogP contribution in [-0.4, -0.2) is 0 Å². The Kier molecular flexibility index (Phi) is 4.78. The predicted molar refractivity (Wildman–Crippen MR) is 61.9 cm³/mol. The Labute approximate surface area is 107 Å². The Hall–Kier alpha value is -1.05. The molecule has 84 valence electrons. The van der Waals surface area contributed by atoms with E-state index in [2.05, 4.69) is 42.1 Å². The van der Waals surface area contributed by atoms with E-state index < -0.39 is 0 Å². The Morgan fingerprint density at radius 2 is 1.69 bits per heavy atom. The number of aryl methyl sites for hydroxylation is 1. The third-order valence-corrected chi connectivity index (χ3v) is 2.74. The van der Waals surface area contributed by atoms with E-state index in [0.29, 0.717) is 0 Å². The second kappa shape index (κ2) is 5.88. The molecular formula is C13H13Cl2N. The minimum absolute atomic E-state index is 0. The van der Waals surface area contributed by atoms with Gasteiger partial charge in [-0.2, -0.15) is 0 Å². The minimum Gasteiger partial charge on any atom is -1.00 e. The van der Waals surface area contributed by atoms with Crippen LogP contribution < -0.4 is 17.0 Å². The SMILES string of the molecule is Cc1cc[n+](Cc2ccccc2Cl)cc1.[Cl-]. The second-order valence-electron chi connectivity index (χ2n) is 3.64. The first-order valence-electron chi connectivity index (χ1n) is 4.95. The normalized spacial score (nSPS) is 9.62. The molecular weight excluding hydrogens is 241 g/mol. The molecule has 0 spiro atoms. The van der Waals surface area contributed by atoms with E-state index >= 15 is 0 Å². The summed E-state index contributed by atoms with van der Waals surface area (Å²) in [5, 5.41) is 0.825. The Balaban J connectivity index is 0.00000128. The quantitative estimate of drug-likeness (QED) is 0.664. The van der Waals surface area contributed by atoms with E-state index in [1.165, 1.54) is 5.56 Å². The molecule has 0 amide bonds. The zero-order valence-electron chi connectivity index (χ0n) is 9.03. The molecule has 0 fully saturated rings. The first-order chi connectivity index (χ1) is 7.25. The van der Waals surface area contributed by atoms with Gasteiger partial charge < -0.3 is 12.4 Å². The van der Waals surface area contributed by atoms with Gasteiger partial charge in [0.15, 0.2) is 18.9 Å². The molecule has 2 rings (SSSR count). The van der Waals surface area contributed by atoms with Crippen molar-refractivity contribution in [3.05, 3.63) is 64.9 Å². The lowest BCUT2D eigenvalue weighted by molar-refractivity contribution is -0.688. The Morgan fingerprint density at radius 1 is 1.06 bits per heavy atom. The molecule has 1 nitrogen and oxygen atoms in total. The number of hydrogen-bond acceptors (Lipinski definition) is 0. The molecule has 0 bridgehead atoms. The maximum atomic E-state index is 6.09. The van der Waals surface area contributed by atoms with E-state index in [9.17, 15) is 0 Å². The largest absolute Gasteiger partial charge is 1.00 e. The maximum Gasteiger partial charge on any atom is 0.175 e. The number of benzene rings is 1. The van der Waals surface area contributed by atoms with Gasteiger partial charge >= 0.3 is 0 Å². The van der Waals surface area contributed by atoms with Crippen molar-refractivity contribution in [2.45, 2.75) is 13.5 Å². The summed E-state index contributed by atoms with van der Waals surface area (Å²) < 4.78 is 2.12. The van der Waals surface area contributed by atoms with Gasteiger partial charge in [0.05, 0.1) is 5.02 Å². The van der Waals surface area contributed by atoms with Crippen LogP contribution in [0.15, 0.2) is 48.8 Å². The van der Waals surface area contributed by atoms with Crippen LogP contribution in [-0.2, 0) is 6.54 Å². The van der Waals surface area contributed by atoms with Gasteiger partial charge in [-0.3, -0.25) is 0 Å². The average molecular weight is 254 g/mol. The highest BCUT2D eigenvalue weighted by Crippen LogP contribution is 2.13. The van der Waals surface area contributed by atoms with Crippen LogP contribution in [0, 0.1) is 6.92 Å². The highest BCUT2D eigenvalue weighted by Gasteiger charge is 2.04. The van der Waals surface area contributed by atoms with Crippen LogP contribution >= 0.6 is 11.6 Å². The van der Waals surface area contributed by atoms with E-state index in [4.69, 9.17) is 11.6 Å². The third kappa shape index (κ3) is 3.22. The van der Waals surface area contributed by atoms with Gasteiger partial charge in [-0.15, -0.1) is 0 Å². The number of nitrogens with zero attached hydrogens (tertiary/aromatic N) is 1. The molecule has 0 unspecified atom stereocenters. The molecule has 0 aliphatic heterocycles. The van der Waals surface area contributed by atoms with Crippen LogP contribution in [0.3, 0.4) is 0 Å². The van der Waals surface area contributed by atoms with Crippen LogP contribution in [0.5, 0.6) is 0 Å². The van der Waals surface area contributed by atoms with Gasteiger partial charge in [0.2, 0.25) is 0 Å². The zero-order chi connectivity index (χ0) is 10.7. The molecule has 0 aliphatic rings. The Morgan fingerprint density at radius 3 is 2.31 bits per heavy atom. The van der Waals surface area contributed by atoms with Gasteiger partial charge in [-0.05, 0) is 18.6 Å². The minimum atomic E-state index is 0. The second-order valence-corrected chi connectivity index (χ2v) is 4.05. The van der Waals surface area contributed by atoms with E-state index in [-0.39, 0.29) is 12.4 Å². The molecule has 1 aromatic carbocycles. The third-order valence-electron chi connectivity index (χ3n) is 2.37. The van der Waals surface area contributed by atoms with Crippen LogP contribution in [0.25, 0.3) is 0 Å². The van der Waals surface area contributed by atoms with Crippen molar-refractivity contribution < 1.29 is 17.0 Å². The van der Waals surface area contributed by atoms with Gasteiger partial charge in [0.25, 0.3) is 0 Å². The molecule has 2 aromatic rings. The van der Waals surface area contributed by atoms with Gasteiger partial charge in [-0.1, -0.05) is 29.8 Å². The summed E-state index contributed by atoms with van der Waals surface area (Å²) in [4.78, 5) is 0. The van der Waals surface area contributed by atoms with E-state index in [0.717, 1.165) is 17.1 Å². The van der Waals surface area contributed by atoms with Crippen molar-refractivity contribution in [2.75, 3.05) is 0 Å². The van der Waals surface area contributed by atoms with Crippen molar-refractivity contribution in [3.63, 3.8) is 0 Å². The van der Waals surface area contributed by atoms with Crippen molar-refractivity contribution in [1.29, 1.82) is 0 Å². The van der Waals surface area contributed by atoms with Crippen molar-refractivity contribution >= 4 is 11.6 Å².